The van der Waals surface area contributed by atoms with Crippen molar-refractivity contribution in [1.29, 1.82) is 0 Å². The third kappa shape index (κ3) is 7.02. The summed E-state index contributed by atoms with van der Waals surface area (Å²) in [5.74, 6) is -0.939. The Labute approximate surface area is 226 Å². The molecule has 0 bridgehead atoms. The van der Waals surface area contributed by atoms with E-state index >= 15 is 0 Å². The molecule has 1 heterocycles. The van der Waals surface area contributed by atoms with Crippen LogP contribution >= 0.6 is 11.6 Å². The van der Waals surface area contributed by atoms with Crippen LogP contribution in [0.4, 0.5) is 33.7 Å². The van der Waals surface area contributed by atoms with Crippen molar-refractivity contribution in [3.05, 3.63) is 47.2 Å². The van der Waals surface area contributed by atoms with Crippen molar-refractivity contribution in [3.8, 4) is 5.75 Å². The van der Waals surface area contributed by atoms with Crippen LogP contribution in [-0.2, 0) is 25.0 Å². The van der Waals surface area contributed by atoms with Gasteiger partial charge in [0.05, 0.1) is 28.7 Å². The van der Waals surface area contributed by atoms with Crippen molar-refractivity contribution < 1.29 is 48.7 Å². The van der Waals surface area contributed by atoms with Crippen molar-refractivity contribution in [2.75, 3.05) is 29.8 Å². The zero-order chi connectivity index (χ0) is 29.4. The van der Waals surface area contributed by atoms with Crippen LogP contribution in [0, 0.1) is 5.82 Å². The number of fused-ring (bicyclic) bond motifs is 1. The van der Waals surface area contributed by atoms with Gasteiger partial charge in [0.15, 0.2) is 0 Å². The van der Waals surface area contributed by atoms with Gasteiger partial charge in [-0.2, -0.15) is 26.3 Å². The van der Waals surface area contributed by atoms with E-state index in [0.29, 0.717) is 13.8 Å². The highest BCUT2D eigenvalue weighted by Gasteiger charge is 2.51. The molecule has 0 saturated carbocycles. The Morgan fingerprint density at radius 3 is 2.41 bits per heavy atom. The minimum Gasteiger partial charge on any atom is -0.485 e. The first-order valence-electron chi connectivity index (χ1n) is 10.9. The maximum Gasteiger partial charge on any atom is 0.427 e. The van der Waals surface area contributed by atoms with E-state index in [-0.39, 0.29) is 23.7 Å². The van der Waals surface area contributed by atoms with Crippen LogP contribution in [0.3, 0.4) is 0 Å². The van der Waals surface area contributed by atoms with E-state index in [0.717, 1.165) is 35.6 Å². The molecule has 3 rings (SSSR count). The number of hydrogen-bond donors (Lipinski definition) is 3. The number of ether oxygens (including phenoxy) is 2. The summed E-state index contributed by atoms with van der Waals surface area (Å²) < 4.78 is 119. The van der Waals surface area contributed by atoms with E-state index in [1.54, 1.807) is 0 Å². The molecular weight excluding hydrogens is 596 g/mol. The van der Waals surface area contributed by atoms with Gasteiger partial charge in [0.25, 0.3) is 20.2 Å². The fraction of sp³-hybridized carbons (Fsp3) is 0.381. The summed E-state index contributed by atoms with van der Waals surface area (Å²) >= 11 is 5.76. The highest BCUT2D eigenvalue weighted by molar-refractivity contribution is 7.92. The summed E-state index contributed by atoms with van der Waals surface area (Å²) in [4.78, 5) is 11.7. The van der Waals surface area contributed by atoms with Crippen LogP contribution in [0.25, 0.3) is 0 Å². The number of amides is 1. The second kappa shape index (κ2) is 11.0. The predicted molar refractivity (Wildman–Crippen MR) is 133 cm³/mol. The summed E-state index contributed by atoms with van der Waals surface area (Å²) in [5, 5.41) is 1.63. The zero-order valence-corrected chi connectivity index (χ0v) is 22.9. The highest BCUT2D eigenvalue weighted by atomic mass is 35.5. The lowest BCUT2D eigenvalue weighted by Gasteiger charge is -2.36. The van der Waals surface area contributed by atoms with E-state index < -0.39 is 66.5 Å². The quantitative estimate of drug-likeness (QED) is 0.385. The molecule has 1 amide bonds. The average Bonchev–Trinajstić information content (AvgIpc) is 2.82. The summed E-state index contributed by atoms with van der Waals surface area (Å²) in [5.41, 5.74) is -3.12. The van der Waals surface area contributed by atoms with E-state index in [1.807, 2.05) is 4.72 Å². The average molecular weight is 619 g/mol. The molecule has 216 valence electrons. The van der Waals surface area contributed by atoms with Crippen LogP contribution in [0.2, 0.25) is 5.02 Å². The van der Waals surface area contributed by atoms with Gasteiger partial charge in [-0.1, -0.05) is 11.6 Å². The standard InChI is InChI=1S/C21H23ClF4N4O7S2/c1-20(2,21(24,25)26)37-19(31)29-12-4-7-18-17(8-12)30(11-13(36-18)10-28-39(34,35)27-3)38(32,33)14-5-6-16(23)15(22)9-14/h4-9,13,27-28H,10-11H2,1-3H3,(H,29,31). The molecule has 11 nitrogen and oxygen atoms in total. The molecule has 0 fully saturated rings. The van der Waals surface area contributed by atoms with Gasteiger partial charge in [0.2, 0.25) is 5.60 Å². The third-order valence-corrected chi connectivity index (χ3v) is 8.57. The van der Waals surface area contributed by atoms with Crippen LogP contribution < -0.4 is 23.8 Å². The normalized spacial score (nSPS) is 16.3. The van der Waals surface area contributed by atoms with Crippen molar-refractivity contribution in [2.24, 2.45) is 0 Å². The number of carbonyl (C=O) groups excluding carboxylic acids is 1. The van der Waals surface area contributed by atoms with Crippen LogP contribution in [0.15, 0.2) is 41.3 Å². The maximum atomic E-state index is 13.7. The third-order valence-electron chi connectivity index (χ3n) is 5.42. The van der Waals surface area contributed by atoms with E-state index in [2.05, 4.69) is 14.8 Å². The Bertz CT molecular complexity index is 1470. The Morgan fingerprint density at radius 2 is 1.82 bits per heavy atom. The number of anilines is 2. The summed E-state index contributed by atoms with van der Waals surface area (Å²) in [6.45, 7) is 0.485. The molecule has 3 N–H and O–H groups in total. The first-order chi connectivity index (χ1) is 17.9. The number of alkyl halides is 3. The van der Waals surface area contributed by atoms with Gasteiger partial charge in [0.1, 0.15) is 17.7 Å². The Hall–Kier alpha value is -2.86. The van der Waals surface area contributed by atoms with Gasteiger partial charge in [-0.05, 0) is 50.2 Å². The molecule has 0 radical (unpaired) electrons. The van der Waals surface area contributed by atoms with Gasteiger partial charge >= 0.3 is 12.3 Å². The van der Waals surface area contributed by atoms with Crippen LogP contribution in [0.5, 0.6) is 5.75 Å². The number of sulfonamides is 1. The van der Waals surface area contributed by atoms with Crippen molar-refractivity contribution >= 4 is 49.3 Å². The first kappa shape index (κ1) is 30.7. The van der Waals surface area contributed by atoms with Gasteiger partial charge in [-0.25, -0.2) is 22.3 Å². The molecule has 1 atom stereocenters. The van der Waals surface area contributed by atoms with Gasteiger partial charge in [-0.15, -0.1) is 0 Å². The number of nitrogens with one attached hydrogen (secondary N) is 3. The molecule has 1 aliphatic rings. The van der Waals surface area contributed by atoms with Gasteiger partial charge in [0, 0.05) is 12.7 Å². The Balaban J connectivity index is 1.98. The predicted octanol–water partition coefficient (Wildman–Crippen LogP) is 3.38. The van der Waals surface area contributed by atoms with Crippen LogP contribution in [0.1, 0.15) is 13.8 Å². The fourth-order valence-corrected chi connectivity index (χ4v) is 5.52. The van der Waals surface area contributed by atoms with Crippen molar-refractivity contribution in [3.63, 3.8) is 0 Å². The largest absolute Gasteiger partial charge is 0.485 e. The first-order valence-corrected chi connectivity index (χ1v) is 14.2. The van der Waals surface area contributed by atoms with Crippen LogP contribution in [-0.4, -0.2) is 60.9 Å². The molecule has 1 aliphatic heterocycles. The molecule has 0 spiro atoms. The smallest absolute Gasteiger partial charge is 0.427 e. The SMILES string of the molecule is CNS(=O)(=O)NCC1CN(S(=O)(=O)c2ccc(F)c(Cl)c2)c2cc(NC(=O)OC(C)(C)C(F)(F)F)ccc2O1. The number of nitrogens with zero attached hydrogens (tertiary/aromatic N) is 1. The molecule has 18 heteroatoms. The second-order valence-electron chi connectivity index (χ2n) is 8.61. The maximum absolute atomic E-state index is 13.7. The minimum absolute atomic E-state index is 0.0683. The van der Waals surface area contributed by atoms with Crippen molar-refractivity contribution in [2.45, 2.75) is 36.6 Å². The molecule has 2 aromatic carbocycles. The van der Waals surface area contributed by atoms with E-state index in [1.165, 1.54) is 12.1 Å². The molecule has 1 unspecified atom stereocenters. The summed E-state index contributed by atoms with van der Waals surface area (Å²) in [7, 11) is -7.23. The zero-order valence-electron chi connectivity index (χ0n) is 20.5. The summed E-state index contributed by atoms with van der Waals surface area (Å²) in [6, 6.07) is 6.21. The van der Waals surface area contributed by atoms with E-state index in [9.17, 15) is 39.2 Å². The number of rotatable bonds is 8. The topological polar surface area (TPSA) is 143 Å². The fourth-order valence-electron chi connectivity index (χ4n) is 3.20. The molecule has 2 aromatic rings. The lowest BCUT2D eigenvalue weighted by Crippen LogP contribution is -2.49. The Morgan fingerprint density at radius 1 is 1.15 bits per heavy atom. The van der Waals surface area contributed by atoms with Gasteiger partial charge in [-0.3, -0.25) is 9.62 Å². The molecule has 0 aromatic heterocycles. The van der Waals surface area contributed by atoms with E-state index in [4.69, 9.17) is 16.3 Å². The van der Waals surface area contributed by atoms with Gasteiger partial charge < -0.3 is 9.47 Å². The number of carbonyl (C=O) groups is 1. The monoisotopic (exact) mass is 618 g/mol. The molecule has 0 saturated heterocycles. The number of hydrogen-bond acceptors (Lipinski definition) is 7. The molecular formula is C21H23ClF4N4O7S2. The lowest BCUT2D eigenvalue weighted by molar-refractivity contribution is -0.242. The minimum atomic E-state index is -4.86. The second-order valence-corrected chi connectivity index (χ2v) is 12.6. The Kier molecular flexibility index (Phi) is 8.62. The molecule has 0 aliphatic carbocycles. The number of benzene rings is 2. The van der Waals surface area contributed by atoms with Crippen molar-refractivity contribution in [1.82, 2.24) is 9.44 Å². The summed E-state index contributed by atoms with van der Waals surface area (Å²) in [6.07, 6.45) is -7.38. The lowest BCUT2D eigenvalue weighted by atomic mass is 10.1. The highest BCUT2D eigenvalue weighted by Crippen LogP contribution is 2.40. The molecule has 39 heavy (non-hydrogen) atoms. The number of halogens is 5.